The molecular formula is C17H22ClFN4O2. The molecule has 0 radical (unpaired) electrons. The number of carbonyl (C=O) groups excluding carboxylic acids is 1. The van der Waals surface area contributed by atoms with Crippen LogP contribution in [0.25, 0.3) is 0 Å². The second-order valence-electron chi connectivity index (χ2n) is 5.95. The fraction of sp³-hybridized carbons (Fsp3) is 0.412. The largest absolute Gasteiger partial charge is 0.480 e. The third kappa shape index (κ3) is 3.93. The van der Waals surface area contributed by atoms with Crippen molar-refractivity contribution >= 4 is 24.0 Å². The maximum Gasteiger partial charge on any atom is 0.262 e. The highest BCUT2D eigenvalue weighted by atomic mass is 35.5. The first-order valence-electron chi connectivity index (χ1n) is 7.91. The summed E-state index contributed by atoms with van der Waals surface area (Å²) >= 11 is 0. The first-order valence-corrected chi connectivity index (χ1v) is 7.91. The molecule has 1 aromatic carbocycles. The van der Waals surface area contributed by atoms with E-state index in [2.05, 4.69) is 15.7 Å². The van der Waals surface area contributed by atoms with Crippen LogP contribution in [-0.4, -0.2) is 28.8 Å². The van der Waals surface area contributed by atoms with E-state index in [-0.39, 0.29) is 30.5 Å². The van der Waals surface area contributed by atoms with Gasteiger partial charge in [0.1, 0.15) is 11.5 Å². The summed E-state index contributed by atoms with van der Waals surface area (Å²) in [5, 5.41) is 10.0. The Morgan fingerprint density at radius 2 is 2.20 bits per heavy atom. The minimum Gasteiger partial charge on any atom is -0.480 e. The molecule has 0 unspecified atom stereocenters. The number of hydrogen-bond acceptors (Lipinski definition) is 4. The maximum atomic E-state index is 14.5. The van der Waals surface area contributed by atoms with Gasteiger partial charge in [-0.2, -0.15) is 5.10 Å². The van der Waals surface area contributed by atoms with Gasteiger partial charge >= 0.3 is 0 Å². The highest BCUT2D eigenvalue weighted by molar-refractivity contribution is 5.92. The lowest BCUT2D eigenvalue weighted by Crippen LogP contribution is -2.26. The molecule has 0 atom stereocenters. The molecule has 0 aliphatic carbocycles. The maximum absolute atomic E-state index is 14.5. The zero-order valence-electron chi connectivity index (χ0n) is 14.5. The Kier molecular flexibility index (Phi) is 6.02. The van der Waals surface area contributed by atoms with E-state index in [0.29, 0.717) is 24.3 Å². The monoisotopic (exact) mass is 368 g/mol. The molecule has 1 aliphatic heterocycles. The van der Waals surface area contributed by atoms with Gasteiger partial charge in [0.2, 0.25) is 0 Å². The highest BCUT2D eigenvalue weighted by Crippen LogP contribution is 2.25. The Labute approximate surface area is 152 Å². The molecule has 2 N–H and O–H groups in total. The predicted molar refractivity (Wildman–Crippen MR) is 95.9 cm³/mol. The van der Waals surface area contributed by atoms with Gasteiger partial charge in [-0.1, -0.05) is 6.07 Å². The first-order chi connectivity index (χ1) is 11.5. The Morgan fingerprint density at radius 1 is 1.44 bits per heavy atom. The lowest BCUT2D eigenvalue weighted by atomic mass is 9.99. The van der Waals surface area contributed by atoms with E-state index in [1.807, 2.05) is 27.0 Å². The van der Waals surface area contributed by atoms with Crippen molar-refractivity contribution in [2.75, 3.05) is 18.5 Å². The van der Waals surface area contributed by atoms with Crippen molar-refractivity contribution in [1.29, 1.82) is 0 Å². The van der Waals surface area contributed by atoms with Crippen LogP contribution < -0.4 is 15.4 Å². The number of nitrogens with zero attached hydrogens (tertiary/aromatic N) is 2. The van der Waals surface area contributed by atoms with Gasteiger partial charge < -0.3 is 15.4 Å². The SMILES string of the molecule is Cc1nn(C)c(C)c1OCC(=O)Nc1ccc2c(c1F)CCNC2.Cl. The van der Waals surface area contributed by atoms with Crippen LogP contribution in [0.5, 0.6) is 5.75 Å². The number of ether oxygens (including phenoxy) is 1. The molecule has 136 valence electrons. The van der Waals surface area contributed by atoms with Crippen molar-refractivity contribution in [2.45, 2.75) is 26.8 Å². The van der Waals surface area contributed by atoms with E-state index in [9.17, 15) is 9.18 Å². The Bertz CT molecular complexity index is 791. The van der Waals surface area contributed by atoms with Gasteiger partial charge in [0, 0.05) is 13.6 Å². The number of halogens is 2. The number of amides is 1. The second kappa shape index (κ2) is 7.84. The normalized spacial score (nSPS) is 13.0. The fourth-order valence-corrected chi connectivity index (χ4v) is 2.92. The summed E-state index contributed by atoms with van der Waals surface area (Å²) in [5.41, 5.74) is 3.37. The Morgan fingerprint density at radius 3 is 2.88 bits per heavy atom. The van der Waals surface area contributed by atoms with Crippen molar-refractivity contribution in [2.24, 2.45) is 7.05 Å². The number of benzene rings is 1. The van der Waals surface area contributed by atoms with Gasteiger partial charge in [0.05, 0.1) is 11.4 Å². The average molecular weight is 369 g/mol. The lowest BCUT2D eigenvalue weighted by Gasteiger charge is -2.19. The van der Waals surface area contributed by atoms with Crippen LogP contribution in [0.3, 0.4) is 0 Å². The molecule has 0 spiro atoms. The number of carbonyl (C=O) groups is 1. The summed E-state index contributed by atoms with van der Waals surface area (Å²) in [5.74, 6) is -0.161. The quantitative estimate of drug-likeness (QED) is 0.868. The second-order valence-corrected chi connectivity index (χ2v) is 5.95. The fourth-order valence-electron chi connectivity index (χ4n) is 2.92. The van der Waals surface area contributed by atoms with E-state index >= 15 is 0 Å². The highest BCUT2D eigenvalue weighted by Gasteiger charge is 2.18. The summed E-state index contributed by atoms with van der Waals surface area (Å²) in [7, 11) is 1.81. The molecule has 1 aromatic heterocycles. The molecular weight excluding hydrogens is 347 g/mol. The molecule has 8 heteroatoms. The number of fused-ring (bicyclic) bond motifs is 1. The molecule has 1 amide bonds. The number of hydrogen-bond donors (Lipinski definition) is 2. The van der Waals surface area contributed by atoms with E-state index in [1.54, 1.807) is 10.7 Å². The molecule has 2 heterocycles. The van der Waals surface area contributed by atoms with Gasteiger partial charge in [-0.25, -0.2) is 4.39 Å². The molecule has 0 bridgehead atoms. The summed E-state index contributed by atoms with van der Waals surface area (Å²) < 4.78 is 21.8. The molecule has 2 aromatic rings. The van der Waals surface area contributed by atoms with E-state index in [0.717, 1.165) is 23.5 Å². The van der Waals surface area contributed by atoms with Crippen LogP contribution in [0.15, 0.2) is 12.1 Å². The molecule has 6 nitrogen and oxygen atoms in total. The van der Waals surface area contributed by atoms with Gasteiger partial charge in [0.15, 0.2) is 12.4 Å². The van der Waals surface area contributed by atoms with E-state index in [4.69, 9.17) is 4.74 Å². The van der Waals surface area contributed by atoms with Crippen molar-refractivity contribution in [3.63, 3.8) is 0 Å². The van der Waals surface area contributed by atoms with Crippen LogP contribution in [0.4, 0.5) is 10.1 Å². The van der Waals surface area contributed by atoms with E-state index < -0.39 is 5.91 Å². The van der Waals surface area contributed by atoms with Gasteiger partial charge in [-0.15, -0.1) is 12.4 Å². The molecule has 1 aliphatic rings. The van der Waals surface area contributed by atoms with Crippen LogP contribution in [-0.2, 0) is 24.8 Å². The van der Waals surface area contributed by atoms with Crippen LogP contribution in [0.1, 0.15) is 22.5 Å². The predicted octanol–water partition coefficient (Wildman–Crippen LogP) is 2.26. The number of nitrogens with one attached hydrogen (secondary N) is 2. The first kappa shape index (κ1) is 19.2. The third-order valence-electron chi connectivity index (χ3n) is 4.27. The number of anilines is 1. The Balaban J connectivity index is 0.00000225. The third-order valence-corrected chi connectivity index (χ3v) is 4.27. The summed E-state index contributed by atoms with van der Waals surface area (Å²) in [6.07, 6.45) is 0.620. The number of aromatic nitrogens is 2. The van der Waals surface area contributed by atoms with Crippen LogP contribution >= 0.6 is 12.4 Å². The van der Waals surface area contributed by atoms with Crippen molar-refractivity contribution < 1.29 is 13.9 Å². The van der Waals surface area contributed by atoms with Crippen molar-refractivity contribution in [1.82, 2.24) is 15.1 Å². The smallest absolute Gasteiger partial charge is 0.262 e. The molecule has 0 fully saturated rings. The zero-order valence-corrected chi connectivity index (χ0v) is 15.3. The number of aryl methyl sites for hydroxylation is 2. The molecule has 0 saturated carbocycles. The van der Waals surface area contributed by atoms with E-state index in [1.165, 1.54) is 0 Å². The average Bonchev–Trinajstić information content (AvgIpc) is 2.81. The van der Waals surface area contributed by atoms with Crippen LogP contribution in [0, 0.1) is 19.7 Å². The molecule has 3 rings (SSSR count). The topological polar surface area (TPSA) is 68.2 Å². The molecule has 0 saturated heterocycles. The summed E-state index contributed by atoms with van der Waals surface area (Å²) in [6, 6.07) is 3.44. The molecule has 25 heavy (non-hydrogen) atoms. The minimum absolute atomic E-state index is 0. The lowest BCUT2D eigenvalue weighted by molar-refractivity contribution is -0.118. The summed E-state index contributed by atoms with van der Waals surface area (Å²) in [6.45, 7) is 4.89. The standard InChI is InChI=1S/C17H21FN4O2.ClH/c1-10-17(11(2)22(3)21-10)24-9-15(23)20-14-5-4-12-8-19-7-6-13(12)16(14)18;/h4-5,19H,6-9H2,1-3H3,(H,20,23);1H. The summed E-state index contributed by atoms with van der Waals surface area (Å²) in [4.78, 5) is 12.1. The van der Waals surface area contributed by atoms with Crippen molar-refractivity contribution in [3.8, 4) is 5.75 Å². The van der Waals surface area contributed by atoms with Gasteiger partial charge in [-0.3, -0.25) is 9.48 Å². The zero-order chi connectivity index (χ0) is 17.3. The Hall–Kier alpha value is -2.12. The number of rotatable bonds is 4. The van der Waals surface area contributed by atoms with Crippen molar-refractivity contribution in [3.05, 3.63) is 40.5 Å². The van der Waals surface area contributed by atoms with Gasteiger partial charge in [-0.05, 0) is 44.0 Å². The minimum atomic E-state index is -0.398. The van der Waals surface area contributed by atoms with Crippen LogP contribution in [0.2, 0.25) is 0 Å². The van der Waals surface area contributed by atoms with Gasteiger partial charge in [0.25, 0.3) is 5.91 Å².